The van der Waals surface area contributed by atoms with Crippen LogP contribution >= 0.6 is 0 Å². The van der Waals surface area contributed by atoms with Gasteiger partial charge in [-0.2, -0.15) is 0 Å². The fraction of sp³-hybridized carbons (Fsp3) is 0.211. The Hall–Kier alpha value is -2.75. The molecule has 0 fully saturated rings. The van der Waals surface area contributed by atoms with Gasteiger partial charge in [0, 0.05) is 22.4 Å². The lowest BCUT2D eigenvalue weighted by Gasteiger charge is -2.11. The molecule has 0 aliphatic rings. The summed E-state index contributed by atoms with van der Waals surface area (Å²) in [4.78, 5) is 38.1. The second kappa shape index (κ2) is 4.38. The van der Waals surface area contributed by atoms with Gasteiger partial charge in [0.2, 0.25) is 5.43 Å². The van der Waals surface area contributed by atoms with E-state index in [-0.39, 0.29) is 27.7 Å². The highest BCUT2D eigenvalue weighted by Gasteiger charge is 2.24. The smallest absolute Gasteiger partial charge is 0.203 e. The largest absolute Gasteiger partial charge is 0.334 e. The molecule has 0 aliphatic carbocycles. The van der Waals surface area contributed by atoms with Gasteiger partial charge in [0.15, 0.2) is 10.9 Å². The second-order valence-electron chi connectivity index (χ2n) is 6.31. The molecule has 1 heterocycles. The quantitative estimate of drug-likeness (QED) is 0.543. The number of rotatable bonds is 1. The van der Waals surface area contributed by atoms with E-state index in [1.54, 1.807) is 13.0 Å². The van der Waals surface area contributed by atoms with Crippen molar-refractivity contribution in [3.63, 3.8) is 0 Å². The highest BCUT2D eigenvalue weighted by Crippen LogP contribution is 2.32. The van der Waals surface area contributed by atoms with Crippen LogP contribution in [-0.2, 0) is 0 Å². The van der Waals surface area contributed by atoms with Gasteiger partial charge in [-0.3, -0.25) is 14.4 Å². The molecule has 3 aromatic carbocycles. The Bertz CT molecular complexity index is 1250. The minimum atomic E-state index is -0.226. The molecule has 4 aromatic rings. The molecule has 0 saturated heterocycles. The molecule has 0 unspecified atom stereocenters. The lowest BCUT2D eigenvalue weighted by molar-refractivity contribution is 0.642. The van der Waals surface area contributed by atoms with Crippen molar-refractivity contribution in [1.29, 1.82) is 0 Å². The third-order valence-electron chi connectivity index (χ3n) is 4.54. The van der Waals surface area contributed by atoms with Crippen molar-refractivity contribution in [2.75, 3.05) is 0 Å². The summed E-state index contributed by atoms with van der Waals surface area (Å²) < 4.78 is 1.84. The van der Waals surface area contributed by atoms with E-state index in [1.807, 2.05) is 36.6 Å². The van der Waals surface area contributed by atoms with Gasteiger partial charge in [-0.15, -0.1) is 0 Å². The summed E-state index contributed by atoms with van der Waals surface area (Å²) in [6.07, 6.45) is 0. The minimum Gasteiger partial charge on any atom is -0.334 e. The molecule has 4 heteroatoms. The summed E-state index contributed by atoms with van der Waals surface area (Å²) in [7, 11) is 0. The fourth-order valence-electron chi connectivity index (χ4n) is 3.60. The van der Waals surface area contributed by atoms with Crippen LogP contribution in [-0.4, -0.2) is 4.57 Å². The first-order valence-corrected chi connectivity index (χ1v) is 7.63. The molecule has 0 saturated carbocycles. The summed E-state index contributed by atoms with van der Waals surface area (Å²) in [5, 5.41) is 2.07. The summed E-state index contributed by atoms with van der Waals surface area (Å²) in [6, 6.07) is 8.66. The Labute approximate surface area is 131 Å². The van der Waals surface area contributed by atoms with Gasteiger partial charge in [0.05, 0.1) is 16.3 Å². The standard InChI is InChI=1S/C19H15NO3/c1-9(2)20-16-11-6-4-5-7-12(11)19(23)14(16)15-17(20)13(21)8-10(3)18(15)22/h4-9H,1-3H3. The lowest BCUT2D eigenvalue weighted by atomic mass is 10.1. The van der Waals surface area contributed by atoms with Gasteiger partial charge in [0.25, 0.3) is 0 Å². The van der Waals surface area contributed by atoms with Crippen molar-refractivity contribution in [3.8, 4) is 0 Å². The van der Waals surface area contributed by atoms with E-state index in [0.717, 1.165) is 5.39 Å². The third kappa shape index (κ3) is 1.58. The van der Waals surface area contributed by atoms with Gasteiger partial charge < -0.3 is 4.57 Å². The molecule has 0 spiro atoms. The van der Waals surface area contributed by atoms with E-state index in [1.165, 1.54) is 6.07 Å². The van der Waals surface area contributed by atoms with E-state index < -0.39 is 0 Å². The molecule has 0 bridgehead atoms. The van der Waals surface area contributed by atoms with Crippen LogP contribution in [0.3, 0.4) is 0 Å². The molecule has 114 valence electrons. The Morgan fingerprint density at radius 3 is 2.13 bits per heavy atom. The summed E-state index contributed by atoms with van der Waals surface area (Å²) in [6.45, 7) is 5.53. The van der Waals surface area contributed by atoms with Crippen LogP contribution in [0.5, 0.6) is 0 Å². The topological polar surface area (TPSA) is 56.1 Å². The van der Waals surface area contributed by atoms with E-state index in [9.17, 15) is 14.4 Å². The second-order valence-corrected chi connectivity index (χ2v) is 6.31. The van der Waals surface area contributed by atoms with E-state index in [4.69, 9.17) is 0 Å². The van der Waals surface area contributed by atoms with Crippen LogP contribution in [0.25, 0.3) is 32.6 Å². The number of aromatic nitrogens is 1. The molecule has 23 heavy (non-hydrogen) atoms. The maximum absolute atomic E-state index is 12.9. The number of hydrogen-bond donors (Lipinski definition) is 0. The molecular weight excluding hydrogens is 290 g/mol. The zero-order valence-corrected chi connectivity index (χ0v) is 13.1. The normalized spacial score (nSPS) is 12.2. The van der Waals surface area contributed by atoms with Gasteiger partial charge in [-0.05, 0) is 26.8 Å². The van der Waals surface area contributed by atoms with Crippen LogP contribution in [0.4, 0.5) is 0 Å². The summed E-state index contributed by atoms with van der Waals surface area (Å²) >= 11 is 0. The highest BCUT2D eigenvalue weighted by molar-refractivity contribution is 6.21. The molecule has 0 aliphatic heterocycles. The van der Waals surface area contributed by atoms with Gasteiger partial charge in [-0.1, -0.05) is 24.3 Å². The molecular formula is C19H15NO3. The average molecular weight is 305 g/mol. The van der Waals surface area contributed by atoms with Gasteiger partial charge in [-0.25, -0.2) is 0 Å². The molecule has 4 nitrogen and oxygen atoms in total. The first kappa shape index (κ1) is 13.9. The zero-order chi connectivity index (χ0) is 16.5. The monoisotopic (exact) mass is 305 g/mol. The minimum absolute atomic E-state index is 0.0324. The number of hydrogen-bond acceptors (Lipinski definition) is 3. The number of benzene rings is 2. The van der Waals surface area contributed by atoms with Gasteiger partial charge >= 0.3 is 0 Å². The van der Waals surface area contributed by atoms with Crippen molar-refractivity contribution in [1.82, 2.24) is 4.57 Å². The Morgan fingerprint density at radius 2 is 1.48 bits per heavy atom. The Kier molecular flexibility index (Phi) is 2.64. The molecule has 0 N–H and O–H groups in total. The number of fused-ring (bicyclic) bond motifs is 5. The van der Waals surface area contributed by atoms with E-state index >= 15 is 0 Å². The molecule has 0 radical (unpaired) electrons. The summed E-state index contributed by atoms with van der Waals surface area (Å²) in [5.74, 6) is 0. The summed E-state index contributed by atoms with van der Waals surface area (Å²) in [5.41, 5.74) is 0.845. The van der Waals surface area contributed by atoms with Crippen molar-refractivity contribution < 1.29 is 0 Å². The third-order valence-corrected chi connectivity index (χ3v) is 4.54. The Balaban J connectivity index is 2.54. The molecule has 4 rings (SSSR count). The average Bonchev–Trinajstić information content (AvgIpc) is 3.00. The number of nitrogens with zero attached hydrogens (tertiary/aromatic N) is 1. The molecule has 0 atom stereocenters. The van der Waals surface area contributed by atoms with Gasteiger partial charge in [0.1, 0.15) is 5.52 Å². The van der Waals surface area contributed by atoms with Crippen molar-refractivity contribution in [2.45, 2.75) is 26.8 Å². The maximum Gasteiger partial charge on any atom is 0.203 e. The van der Waals surface area contributed by atoms with Crippen LogP contribution in [0.2, 0.25) is 0 Å². The van der Waals surface area contributed by atoms with Crippen molar-refractivity contribution in [2.24, 2.45) is 0 Å². The highest BCUT2D eigenvalue weighted by atomic mass is 16.1. The first-order valence-electron chi connectivity index (χ1n) is 7.63. The number of aryl methyl sites for hydroxylation is 1. The molecule has 1 aromatic heterocycles. The Morgan fingerprint density at radius 1 is 0.870 bits per heavy atom. The fourth-order valence-corrected chi connectivity index (χ4v) is 3.60. The van der Waals surface area contributed by atoms with Crippen LogP contribution < -0.4 is 16.3 Å². The maximum atomic E-state index is 12.9. The predicted octanol–water partition coefficient (Wildman–Crippen LogP) is 2.79. The first-order chi connectivity index (χ1) is 10.9. The lowest BCUT2D eigenvalue weighted by Crippen LogP contribution is -2.16. The van der Waals surface area contributed by atoms with Crippen LogP contribution in [0.15, 0.2) is 44.7 Å². The van der Waals surface area contributed by atoms with E-state index in [0.29, 0.717) is 27.4 Å². The van der Waals surface area contributed by atoms with Crippen LogP contribution in [0.1, 0.15) is 25.5 Å². The van der Waals surface area contributed by atoms with Crippen molar-refractivity contribution >= 4 is 32.6 Å². The van der Waals surface area contributed by atoms with E-state index in [2.05, 4.69) is 0 Å². The predicted molar refractivity (Wildman–Crippen MR) is 93.3 cm³/mol. The van der Waals surface area contributed by atoms with Crippen molar-refractivity contribution in [3.05, 3.63) is 66.6 Å². The molecule has 0 amide bonds. The zero-order valence-electron chi connectivity index (χ0n) is 13.1. The van der Waals surface area contributed by atoms with Crippen LogP contribution in [0, 0.1) is 6.92 Å². The SMILES string of the molecule is Cc1cc(=O)c2c(c1=O)c1c(=O)c3ccccc3c1n2C(C)C.